The molecule has 0 bridgehead atoms. The fourth-order valence-corrected chi connectivity index (χ4v) is 4.05. The Balaban J connectivity index is 2.62. The lowest BCUT2D eigenvalue weighted by Crippen LogP contribution is -2.56. The maximum atomic E-state index is 11.5. The second kappa shape index (κ2) is 6.66. The number of primary amides is 1. The van der Waals surface area contributed by atoms with Crippen LogP contribution in [0.1, 0.15) is 62.3 Å². The van der Waals surface area contributed by atoms with Crippen LogP contribution in [0.4, 0.5) is 0 Å². The molecule has 5 heteroatoms. The molecule has 0 aliphatic carbocycles. The molecule has 0 aromatic heterocycles. The van der Waals surface area contributed by atoms with E-state index in [4.69, 9.17) is 10.7 Å². The lowest BCUT2D eigenvalue weighted by atomic mass is 9.70. The number of hydrogen-bond donors (Lipinski definition) is 1. The predicted molar refractivity (Wildman–Crippen MR) is 109 cm³/mol. The van der Waals surface area contributed by atoms with Crippen LogP contribution in [-0.4, -0.2) is 53.8 Å². The summed E-state index contributed by atoms with van der Waals surface area (Å²) >= 11 is 0. The van der Waals surface area contributed by atoms with Gasteiger partial charge in [0.1, 0.15) is 5.84 Å². The van der Waals surface area contributed by atoms with E-state index >= 15 is 0 Å². The average molecular weight is 363 g/mol. The Bertz CT molecular complexity index is 626. The summed E-state index contributed by atoms with van der Waals surface area (Å²) in [5.41, 5.74) is 8.21. The summed E-state index contributed by atoms with van der Waals surface area (Å²) in [5, 5.41) is 0. The first-order valence-electron chi connectivity index (χ1n) is 9.72. The van der Waals surface area contributed by atoms with Gasteiger partial charge in [-0.2, -0.15) is 0 Å². The average Bonchev–Trinajstić information content (AvgIpc) is 2.41. The smallest absolute Gasteiger partial charge is 0.231 e. The second-order valence-corrected chi connectivity index (χ2v) is 10.9. The highest BCUT2D eigenvalue weighted by molar-refractivity contribution is 5.90. The van der Waals surface area contributed by atoms with Crippen molar-refractivity contribution in [2.24, 2.45) is 27.0 Å². The standard InChI is InChI=1S/C21H38N4O/c1-19(2,3)16-14-12-24(13-15(22)26)10-11-25(14)18(21(7,8)9)23-17(16)20(4,5)6/h17H,10-13H2,1-9H3,(H2,22,26). The third kappa shape index (κ3) is 4.30. The van der Waals surface area contributed by atoms with Crippen molar-refractivity contribution in [2.45, 2.75) is 68.4 Å². The normalized spacial score (nSPS) is 23.0. The highest BCUT2D eigenvalue weighted by atomic mass is 16.1. The number of nitrogens with zero attached hydrogens (tertiary/aromatic N) is 3. The van der Waals surface area contributed by atoms with Gasteiger partial charge in [-0.25, -0.2) is 0 Å². The third-order valence-corrected chi connectivity index (χ3v) is 5.11. The third-order valence-electron chi connectivity index (χ3n) is 5.11. The molecule has 0 aromatic carbocycles. The topological polar surface area (TPSA) is 61.9 Å². The van der Waals surface area contributed by atoms with E-state index in [1.165, 1.54) is 17.1 Å². The fourth-order valence-electron chi connectivity index (χ4n) is 4.05. The Kier molecular flexibility index (Phi) is 5.37. The van der Waals surface area contributed by atoms with Crippen LogP contribution in [0.2, 0.25) is 0 Å². The zero-order chi connectivity index (χ0) is 20.1. The number of rotatable bonds is 2. The minimum atomic E-state index is -0.260. The van der Waals surface area contributed by atoms with E-state index in [1.807, 2.05) is 0 Å². The molecule has 0 spiro atoms. The lowest BCUT2D eigenvalue weighted by molar-refractivity contribution is -0.119. The van der Waals surface area contributed by atoms with Crippen LogP contribution in [0.15, 0.2) is 16.3 Å². The van der Waals surface area contributed by atoms with Crippen molar-refractivity contribution in [3.05, 3.63) is 11.3 Å². The van der Waals surface area contributed by atoms with E-state index in [1.54, 1.807) is 0 Å². The maximum Gasteiger partial charge on any atom is 0.231 e. The summed E-state index contributed by atoms with van der Waals surface area (Å²) in [6.07, 6.45) is 0. The molecule has 2 aliphatic heterocycles. The van der Waals surface area contributed by atoms with E-state index in [0.717, 1.165) is 19.6 Å². The van der Waals surface area contributed by atoms with Crippen LogP contribution in [0.3, 0.4) is 0 Å². The summed E-state index contributed by atoms with van der Waals surface area (Å²) in [6.45, 7) is 23.1. The van der Waals surface area contributed by atoms with Gasteiger partial charge in [-0.15, -0.1) is 0 Å². The molecule has 2 heterocycles. The number of carbonyl (C=O) groups excluding carboxylic acids is 1. The van der Waals surface area contributed by atoms with Crippen LogP contribution < -0.4 is 5.73 Å². The Labute approximate surface area is 159 Å². The molecule has 0 saturated carbocycles. The van der Waals surface area contributed by atoms with Gasteiger partial charge in [-0.05, 0) is 16.4 Å². The number of amidine groups is 1. The summed E-state index contributed by atoms with van der Waals surface area (Å²) < 4.78 is 0. The van der Waals surface area contributed by atoms with Crippen molar-refractivity contribution < 1.29 is 4.79 Å². The summed E-state index contributed by atoms with van der Waals surface area (Å²) in [6, 6.07) is 0.136. The molecule has 2 rings (SSSR count). The van der Waals surface area contributed by atoms with Crippen LogP contribution in [-0.2, 0) is 4.79 Å². The number of aliphatic imine (C=N–C) groups is 1. The predicted octanol–water partition coefficient (Wildman–Crippen LogP) is 3.26. The number of piperazine rings is 1. The molecule has 1 amide bonds. The molecule has 2 aliphatic rings. The Morgan fingerprint density at radius 3 is 2.04 bits per heavy atom. The fraction of sp³-hybridized carbons (Fsp3) is 0.810. The quantitative estimate of drug-likeness (QED) is 0.820. The van der Waals surface area contributed by atoms with Crippen molar-refractivity contribution in [2.75, 3.05) is 26.2 Å². The molecule has 0 aromatic rings. The van der Waals surface area contributed by atoms with Gasteiger partial charge >= 0.3 is 0 Å². The molecule has 1 unspecified atom stereocenters. The van der Waals surface area contributed by atoms with Crippen LogP contribution >= 0.6 is 0 Å². The minimum absolute atomic E-state index is 0.00811. The molecule has 1 saturated heterocycles. The van der Waals surface area contributed by atoms with E-state index in [-0.39, 0.29) is 28.2 Å². The van der Waals surface area contributed by atoms with E-state index < -0.39 is 0 Å². The maximum absolute atomic E-state index is 11.5. The SMILES string of the molecule is CC(C)(C)C1=NC(C(C)(C)C)C(C(C)(C)C)=C2CN(CC(N)=O)CCN12. The molecule has 26 heavy (non-hydrogen) atoms. The summed E-state index contributed by atoms with van der Waals surface area (Å²) in [7, 11) is 0. The second-order valence-electron chi connectivity index (χ2n) is 10.9. The van der Waals surface area contributed by atoms with Crippen molar-refractivity contribution >= 4 is 11.7 Å². The lowest BCUT2D eigenvalue weighted by Gasteiger charge is -2.50. The first-order valence-corrected chi connectivity index (χ1v) is 9.72. The molecule has 1 atom stereocenters. The molecule has 148 valence electrons. The van der Waals surface area contributed by atoms with Gasteiger partial charge in [0, 0.05) is 30.7 Å². The number of hydrogen-bond acceptors (Lipinski definition) is 4. The van der Waals surface area contributed by atoms with Crippen LogP contribution in [0.5, 0.6) is 0 Å². The van der Waals surface area contributed by atoms with Gasteiger partial charge in [-0.1, -0.05) is 62.3 Å². The summed E-state index contributed by atoms with van der Waals surface area (Å²) in [4.78, 5) is 21.4. The molecular weight excluding hydrogens is 324 g/mol. The van der Waals surface area contributed by atoms with E-state index in [9.17, 15) is 4.79 Å². The first kappa shape index (κ1) is 20.9. The molecule has 5 nitrogen and oxygen atoms in total. The van der Waals surface area contributed by atoms with E-state index in [2.05, 4.69) is 72.1 Å². The Morgan fingerprint density at radius 1 is 1.04 bits per heavy atom. The Hall–Kier alpha value is -1.36. The van der Waals surface area contributed by atoms with E-state index in [0.29, 0.717) is 6.54 Å². The largest absolute Gasteiger partial charge is 0.369 e. The Morgan fingerprint density at radius 2 is 1.62 bits per heavy atom. The highest BCUT2D eigenvalue weighted by Gasteiger charge is 2.44. The van der Waals surface area contributed by atoms with Gasteiger partial charge in [0.25, 0.3) is 0 Å². The van der Waals surface area contributed by atoms with Crippen molar-refractivity contribution in [3.63, 3.8) is 0 Å². The number of amides is 1. The van der Waals surface area contributed by atoms with Gasteiger partial charge in [0.2, 0.25) is 5.91 Å². The molecule has 2 N–H and O–H groups in total. The molecule has 1 fully saturated rings. The van der Waals surface area contributed by atoms with Gasteiger partial charge in [-0.3, -0.25) is 14.7 Å². The zero-order valence-electron chi connectivity index (χ0n) is 18.2. The van der Waals surface area contributed by atoms with Crippen molar-refractivity contribution in [1.82, 2.24) is 9.80 Å². The van der Waals surface area contributed by atoms with Crippen LogP contribution in [0.25, 0.3) is 0 Å². The van der Waals surface area contributed by atoms with Crippen molar-refractivity contribution in [3.8, 4) is 0 Å². The zero-order valence-corrected chi connectivity index (χ0v) is 18.2. The monoisotopic (exact) mass is 362 g/mol. The van der Waals surface area contributed by atoms with Gasteiger partial charge in [0.15, 0.2) is 0 Å². The number of nitrogens with two attached hydrogens (primary N) is 1. The van der Waals surface area contributed by atoms with Gasteiger partial charge in [0.05, 0.1) is 12.6 Å². The first-order chi connectivity index (χ1) is 11.6. The number of carbonyl (C=O) groups is 1. The highest BCUT2D eigenvalue weighted by Crippen LogP contribution is 2.45. The van der Waals surface area contributed by atoms with Crippen molar-refractivity contribution in [1.29, 1.82) is 0 Å². The van der Waals surface area contributed by atoms with Crippen LogP contribution in [0, 0.1) is 16.2 Å². The summed E-state index contributed by atoms with van der Waals surface area (Å²) in [5.74, 6) is 0.906. The minimum Gasteiger partial charge on any atom is -0.369 e. The molecule has 0 radical (unpaired) electrons. The number of fused-ring (bicyclic) bond motifs is 1. The molecular formula is C21H38N4O. The van der Waals surface area contributed by atoms with Gasteiger partial charge < -0.3 is 10.6 Å².